The summed E-state index contributed by atoms with van der Waals surface area (Å²) in [6.07, 6.45) is 0.166. The molecule has 4 rings (SSSR count). The lowest BCUT2D eigenvalue weighted by Gasteiger charge is -2.40. The van der Waals surface area contributed by atoms with E-state index < -0.39 is 11.7 Å². The summed E-state index contributed by atoms with van der Waals surface area (Å²) in [6, 6.07) is 3.93. The first-order valence-corrected chi connectivity index (χ1v) is 10.1. The van der Waals surface area contributed by atoms with Crippen LogP contribution in [0.5, 0.6) is 0 Å². The van der Waals surface area contributed by atoms with Crippen molar-refractivity contribution in [2.45, 2.75) is 64.3 Å². The predicted octanol–water partition coefficient (Wildman–Crippen LogP) is 4.47. The second-order valence-corrected chi connectivity index (χ2v) is 8.10. The van der Waals surface area contributed by atoms with Gasteiger partial charge in [-0.2, -0.15) is 13.2 Å². The first-order valence-electron chi connectivity index (χ1n) is 10.1. The van der Waals surface area contributed by atoms with E-state index in [0.29, 0.717) is 23.2 Å². The molecule has 1 aromatic carbocycles. The molecule has 1 aliphatic carbocycles. The number of benzene rings is 1. The number of nitrogens with one attached hydrogen (secondary N) is 1. The van der Waals surface area contributed by atoms with Gasteiger partial charge in [-0.15, -0.1) is 0 Å². The van der Waals surface area contributed by atoms with E-state index in [-0.39, 0.29) is 11.7 Å². The number of aromatic nitrogens is 2. The van der Waals surface area contributed by atoms with Gasteiger partial charge in [-0.25, -0.2) is 9.97 Å². The van der Waals surface area contributed by atoms with Crippen molar-refractivity contribution in [2.24, 2.45) is 0 Å². The van der Waals surface area contributed by atoms with E-state index in [1.807, 2.05) is 13.8 Å². The van der Waals surface area contributed by atoms with Gasteiger partial charge in [-0.1, -0.05) is 6.42 Å². The van der Waals surface area contributed by atoms with E-state index in [2.05, 4.69) is 20.2 Å². The van der Waals surface area contributed by atoms with Crippen molar-refractivity contribution in [3.63, 3.8) is 0 Å². The zero-order chi connectivity index (χ0) is 20.8. The fourth-order valence-electron chi connectivity index (χ4n) is 4.12. The number of nitrogen functional groups attached to an aromatic ring is 1. The molecular formula is C21H26F3N5. The normalized spacial score (nSPS) is 18.8. The Bertz CT molecular complexity index is 908. The van der Waals surface area contributed by atoms with Gasteiger partial charge in [0.05, 0.1) is 17.3 Å². The molecule has 1 aliphatic heterocycles. The lowest BCUT2D eigenvalue weighted by Crippen LogP contribution is -2.43. The zero-order valence-corrected chi connectivity index (χ0v) is 16.7. The van der Waals surface area contributed by atoms with Gasteiger partial charge in [0, 0.05) is 36.8 Å². The molecule has 29 heavy (non-hydrogen) atoms. The van der Waals surface area contributed by atoms with E-state index in [9.17, 15) is 13.2 Å². The molecular weight excluding hydrogens is 379 g/mol. The Morgan fingerprint density at radius 1 is 1.21 bits per heavy atom. The quantitative estimate of drug-likeness (QED) is 0.735. The number of aryl methyl sites for hydroxylation is 1. The van der Waals surface area contributed by atoms with E-state index in [4.69, 9.17) is 5.73 Å². The van der Waals surface area contributed by atoms with Crippen molar-refractivity contribution in [1.29, 1.82) is 0 Å². The Morgan fingerprint density at radius 2 is 1.97 bits per heavy atom. The van der Waals surface area contributed by atoms with E-state index >= 15 is 0 Å². The summed E-state index contributed by atoms with van der Waals surface area (Å²) < 4.78 is 39.5. The van der Waals surface area contributed by atoms with Gasteiger partial charge in [0.2, 0.25) is 0 Å². The van der Waals surface area contributed by atoms with Gasteiger partial charge in [-0.3, -0.25) is 4.90 Å². The molecule has 2 aromatic rings. The van der Waals surface area contributed by atoms with Crippen LogP contribution in [-0.2, 0) is 19.1 Å². The maximum atomic E-state index is 13.2. The number of anilines is 2. The lowest BCUT2D eigenvalue weighted by molar-refractivity contribution is -0.137. The van der Waals surface area contributed by atoms with Crippen molar-refractivity contribution < 1.29 is 13.2 Å². The predicted molar refractivity (Wildman–Crippen MR) is 106 cm³/mol. The molecule has 1 aromatic heterocycles. The lowest BCUT2D eigenvalue weighted by atomic mass is 9.89. The Kier molecular flexibility index (Phi) is 5.14. The van der Waals surface area contributed by atoms with Crippen LogP contribution in [0.25, 0.3) is 0 Å². The molecule has 0 amide bonds. The van der Waals surface area contributed by atoms with Crippen molar-refractivity contribution in [3.05, 3.63) is 46.4 Å². The standard InChI is InChI=1S/C21H26F3N5/c1-12(14-8-15(21(22,23)24)10-16(25)9-14)26-20-18-11-29(17-4-3-5-17)7-6-19(18)27-13(2)28-20/h8-10,12,17H,3-7,11,25H2,1-2H3,(H,26,27,28)/t12-/m1/s1. The third kappa shape index (κ3) is 4.17. The Balaban J connectivity index is 1.61. The molecule has 0 spiro atoms. The highest BCUT2D eigenvalue weighted by molar-refractivity contribution is 5.52. The second-order valence-electron chi connectivity index (χ2n) is 8.10. The number of halogens is 3. The second kappa shape index (κ2) is 7.48. The molecule has 2 heterocycles. The molecule has 1 fully saturated rings. The summed E-state index contributed by atoms with van der Waals surface area (Å²) in [7, 11) is 0. The molecule has 0 unspecified atom stereocenters. The van der Waals surface area contributed by atoms with E-state index in [1.54, 1.807) is 6.07 Å². The fourth-order valence-corrected chi connectivity index (χ4v) is 4.12. The molecule has 1 saturated carbocycles. The van der Waals surface area contributed by atoms with E-state index in [1.165, 1.54) is 19.3 Å². The SMILES string of the molecule is Cc1nc2c(c(N[C@H](C)c3cc(N)cc(C(F)(F)F)c3)n1)CN(C1CCC1)CC2. The molecule has 2 aliphatic rings. The Morgan fingerprint density at radius 3 is 2.62 bits per heavy atom. The average molecular weight is 405 g/mol. The Hall–Kier alpha value is -2.35. The van der Waals surface area contributed by atoms with Crippen LogP contribution in [0.15, 0.2) is 18.2 Å². The summed E-state index contributed by atoms with van der Waals surface area (Å²) in [4.78, 5) is 11.7. The number of nitrogens with zero attached hydrogens (tertiary/aromatic N) is 3. The minimum atomic E-state index is -4.43. The zero-order valence-electron chi connectivity index (χ0n) is 16.7. The molecule has 0 bridgehead atoms. The number of rotatable bonds is 4. The summed E-state index contributed by atoms with van der Waals surface area (Å²) in [6.45, 7) is 5.44. The van der Waals surface area contributed by atoms with Crippen LogP contribution in [0.1, 0.15) is 60.4 Å². The van der Waals surface area contributed by atoms with Gasteiger partial charge < -0.3 is 11.1 Å². The highest BCUT2D eigenvalue weighted by Crippen LogP contribution is 2.35. The maximum absolute atomic E-state index is 13.2. The van der Waals surface area contributed by atoms with Gasteiger partial charge in [0.1, 0.15) is 11.6 Å². The van der Waals surface area contributed by atoms with Crippen LogP contribution in [0.3, 0.4) is 0 Å². The number of nitrogens with two attached hydrogens (primary N) is 1. The number of fused-ring (bicyclic) bond motifs is 1. The highest BCUT2D eigenvalue weighted by Gasteiger charge is 2.32. The molecule has 0 radical (unpaired) electrons. The minimum Gasteiger partial charge on any atom is -0.399 e. The summed E-state index contributed by atoms with van der Waals surface area (Å²) in [5.41, 5.74) is 7.67. The number of hydrogen-bond donors (Lipinski definition) is 2. The fraction of sp³-hybridized carbons (Fsp3) is 0.524. The highest BCUT2D eigenvalue weighted by atomic mass is 19.4. The van der Waals surface area contributed by atoms with Crippen LogP contribution < -0.4 is 11.1 Å². The third-order valence-electron chi connectivity index (χ3n) is 5.95. The smallest absolute Gasteiger partial charge is 0.399 e. The average Bonchev–Trinajstić information content (AvgIpc) is 2.59. The summed E-state index contributed by atoms with van der Waals surface area (Å²) in [5, 5.41) is 3.33. The first kappa shape index (κ1) is 19.9. The monoisotopic (exact) mass is 405 g/mol. The van der Waals surface area contributed by atoms with Crippen molar-refractivity contribution in [1.82, 2.24) is 14.9 Å². The molecule has 5 nitrogen and oxygen atoms in total. The van der Waals surface area contributed by atoms with Gasteiger partial charge in [0.25, 0.3) is 0 Å². The Labute approximate surface area is 168 Å². The van der Waals surface area contributed by atoms with Crippen molar-refractivity contribution in [2.75, 3.05) is 17.6 Å². The molecule has 8 heteroatoms. The largest absolute Gasteiger partial charge is 0.416 e. The number of hydrogen-bond acceptors (Lipinski definition) is 5. The van der Waals surface area contributed by atoms with Crippen LogP contribution >= 0.6 is 0 Å². The number of alkyl halides is 3. The summed E-state index contributed by atoms with van der Waals surface area (Å²) >= 11 is 0. The molecule has 156 valence electrons. The van der Waals surface area contributed by atoms with Crippen molar-refractivity contribution in [3.8, 4) is 0 Å². The minimum absolute atomic E-state index is 0.0977. The maximum Gasteiger partial charge on any atom is 0.416 e. The van der Waals surface area contributed by atoms with Crippen LogP contribution in [0, 0.1) is 6.92 Å². The van der Waals surface area contributed by atoms with Crippen LogP contribution in [0.2, 0.25) is 0 Å². The van der Waals surface area contributed by atoms with Gasteiger partial charge in [-0.05, 0) is 50.5 Å². The van der Waals surface area contributed by atoms with Gasteiger partial charge >= 0.3 is 6.18 Å². The third-order valence-corrected chi connectivity index (χ3v) is 5.95. The molecule has 0 saturated heterocycles. The summed E-state index contributed by atoms with van der Waals surface area (Å²) in [5.74, 6) is 1.37. The topological polar surface area (TPSA) is 67.1 Å². The van der Waals surface area contributed by atoms with Gasteiger partial charge in [0.15, 0.2) is 0 Å². The van der Waals surface area contributed by atoms with Crippen LogP contribution in [-0.4, -0.2) is 27.5 Å². The van der Waals surface area contributed by atoms with E-state index in [0.717, 1.165) is 42.9 Å². The first-order chi connectivity index (χ1) is 13.7. The van der Waals surface area contributed by atoms with Crippen molar-refractivity contribution >= 4 is 11.5 Å². The van der Waals surface area contributed by atoms with Crippen LogP contribution in [0.4, 0.5) is 24.7 Å². The molecule has 1 atom stereocenters. The molecule has 3 N–H and O–H groups in total.